The molecule has 0 amide bonds. The monoisotopic (exact) mass is 889 g/mol. The number of hydrogen-bond acceptors (Lipinski definition) is 0. The molecule has 0 heterocycles. The van der Waals surface area contributed by atoms with Crippen LogP contribution in [0.5, 0.6) is 0 Å². The van der Waals surface area contributed by atoms with Crippen molar-refractivity contribution in [1.82, 2.24) is 0 Å². The van der Waals surface area contributed by atoms with Crippen molar-refractivity contribution in [3.8, 4) is 0 Å². The first-order valence-electron chi connectivity index (χ1n) is 24.9. The summed E-state index contributed by atoms with van der Waals surface area (Å²) in [6.45, 7) is 30.3. The highest BCUT2D eigenvalue weighted by molar-refractivity contribution is 5.81. The van der Waals surface area contributed by atoms with Crippen molar-refractivity contribution in [3.05, 3.63) is 259 Å². The predicted octanol–water partition coefficient (Wildman–Crippen LogP) is 19.4. The Morgan fingerprint density at radius 1 is 0.418 bits per heavy atom. The van der Waals surface area contributed by atoms with Crippen molar-refractivity contribution in [2.75, 3.05) is 0 Å². The van der Waals surface area contributed by atoms with Gasteiger partial charge < -0.3 is 0 Å². The van der Waals surface area contributed by atoms with Gasteiger partial charge >= 0.3 is 0 Å². The fourth-order valence-electron chi connectivity index (χ4n) is 7.13. The van der Waals surface area contributed by atoms with Gasteiger partial charge in [-0.15, -0.1) is 0 Å². The number of rotatable bonds is 11. The lowest BCUT2D eigenvalue weighted by Crippen LogP contribution is -1.93. The summed E-state index contributed by atoms with van der Waals surface area (Å²) in [5, 5.41) is 0. The highest BCUT2D eigenvalue weighted by Gasteiger charge is 2.05. The third-order valence-corrected chi connectivity index (χ3v) is 12.3. The molecule has 1 unspecified atom stereocenters. The SMILES string of the molecule is CC/C(C)=C(\C=C/c1cc(C)ccc1C)c1ccc(CCc2ccc(C)cc2)cc1.CCC(C)c1ccc(C)cc1.CCCc1ccc(C)cc1.Cc1ccc(C)cc1.Cc1ccc(C)cc1. The molecule has 0 bridgehead atoms. The van der Waals surface area contributed by atoms with Crippen molar-refractivity contribution in [1.29, 1.82) is 0 Å². The average molecular weight is 889 g/mol. The van der Waals surface area contributed by atoms with E-state index in [1.807, 2.05) is 0 Å². The van der Waals surface area contributed by atoms with E-state index in [0.29, 0.717) is 5.92 Å². The van der Waals surface area contributed by atoms with E-state index in [4.69, 9.17) is 0 Å². The van der Waals surface area contributed by atoms with Crippen LogP contribution in [0.1, 0.15) is 143 Å². The quantitative estimate of drug-likeness (QED) is 0.114. The minimum Gasteiger partial charge on any atom is -0.0658 e. The molecular formula is C67H84. The van der Waals surface area contributed by atoms with Gasteiger partial charge in [0, 0.05) is 0 Å². The summed E-state index contributed by atoms with van der Waals surface area (Å²) < 4.78 is 0. The van der Waals surface area contributed by atoms with Gasteiger partial charge in [0.05, 0.1) is 0 Å². The molecule has 7 aromatic carbocycles. The van der Waals surface area contributed by atoms with Crippen LogP contribution in [0.25, 0.3) is 11.6 Å². The predicted molar refractivity (Wildman–Crippen MR) is 300 cm³/mol. The summed E-state index contributed by atoms with van der Waals surface area (Å²) in [7, 11) is 0. The molecule has 0 aliphatic rings. The maximum absolute atomic E-state index is 2.29. The Morgan fingerprint density at radius 3 is 1.13 bits per heavy atom. The van der Waals surface area contributed by atoms with Gasteiger partial charge in [0.1, 0.15) is 0 Å². The third-order valence-electron chi connectivity index (χ3n) is 12.3. The molecule has 7 aromatic rings. The fourth-order valence-corrected chi connectivity index (χ4v) is 7.13. The Hall–Kier alpha value is -5.98. The lowest BCUT2D eigenvalue weighted by Gasteiger charge is -2.10. The standard InChI is InChI=1S/C30H34.C11H16.C10H14.2C8H10/c1-6-24(4)30(20-19-29-21-23(3)7-10-25(29)5)28-17-15-27(16-18-28)14-13-26-11-8-22(2)9-12-26;1-4-10(3)11-7-5-9(2)6-8-11;1-3-4-10-7-5-9(2)6-8-10;2*1-7-3-5-8(2)6-4-7/h7-12,15-21H,6,13-14H2,1-5H3;5-8,10H,4H2,1-3H3;5-8H,3-4H2,1-2H3;2*3-6H,1-2H3/b20-19-,30-24+;;;;. The molecule has 0 nitrogen and oxygen atoms in total. The van der Waals surface area contributed by atoms with Gasteiger partial charge in [-0.2, -0.15) is 0 Å². The fraction of sp³-hybridized carbons (Fsp3) is 0.313. The maximum atomic E-state index is 2.29. The summed E-state index contributed by atoms with van der Waals surface area (Å²) >= 11 is 0. The molecule has 0 N–H and O–H groups in total. The molecule has 0 heteroatoms. The summed E-state index contributed by atoms with van der Waals surface area (Å²) in [4.78, 5) is 0. The van der Waals surface area contributed by atoms with E-state index in [1.165, 1.54) is 114 Å². The normalized spacial score (nSPS) is 11.3. The second-order valence-electron chi connectivity index (χ2n) is 18.7. The van der Waals surface area contributed by atoms with E-state index in [-0.39, 0.29) is 0 Å². The molecule has 0 saturated carbocycles. The molecule has 0 saturated heterocycles. The van der Waals surface area contributed by atoms with Gasteiger partial charge in [0.2, 0.25) is 0 Å². The minimum absolute atomic E-state index is 0.704. The van der Waals surface area contributed by atoms with Crippen molar-refractivity contribution >= 4 is 11.6 Å². The first-order valence-corrected chi connectivity index (χ1v) is 24.9. The molecular weight excluding hydrogens is 805 g/mol. The number of benzene rings is 7. The molecule has 67 heavy (non-hydrogen) atoms. The Kier molecular flexibility index (Phi) is 25.1. The van der Waals surface area contributed by atoms with Crippen LogP contribution in [0.2, 0.25) is 0 Å². The van der Waals surface area contributed by atoms with Gasteiger partial charge in [-0.05, 0) is 152 Å². The third kappa shape index (κ3) is 21.9. The second kappa shape index (κ2) is 30.3. The van der Waals surface area contributed by atoms with Crippen LogP contribution in [0, 0.1) is 62.3 Å². The minimum atomic E-state index is 0.704. The zero-order valence-corrected chi connectivity index (χ0v) is 44.1. The molecule has 0 aliphatic heterocycles. The first kappa shape index (κ1) is 55.3. The smallest absolute Gasteiger partial charge is 0.0184 e. The van der Waals surface area contributed by atoms with Crippen molar-refractivity contribution in [2.45, 2.75) is 141 Å². The van der Waals surface area contributed by atoms with Crippen LogP contribution in [0.3, 0.4) is 0 Å². The zero-order chi connectivity index (χ0) is 49.1. The molecule has 0 aliphatic carbocycles. The summed E-state index contributed by atoms with van der Waals surface area (Å²) in [5.74, 6) is 0.704. The highest BCUT2D eigenvalue weighted by Crippen LogP contribution is 2.25. The zero-order valence-electron chi connectivity index (χ0n) is 44.1. The number of allylic oxidation sites excluding steroid dienone is 3. The molecule has 0 spiro atoms. The van der Waals surface area contributed by atoms with Crippen LogP contribution < -0.4 is 0 Å². The Labute approximate surface area is 410 Å². The summed E-state index contributed by atoms with van der Waals surface area (Å²) in [6, 6.07) is 59.2. The largest absolute Gasteiger partial charge is 0.0658 e. The molecule has 0 fully saturated rings. The molecule has 352 valence electrons. The van der Waals surface area contributed by atoms with Crippen molar-refractivity contribution in [2.24, 2.45) is 0 Å². The molecule has 0 radical (unpaired) electrons. The maximum Gasteiger partial charge on any atom is -0.0184 e. The lowest BCUT2D eigenvalue weighted by molar-refractivity contribution is 0.733. The van der Waals surface area contributed by atoms with E-state index in [1.54, 1.807) is 0 Å². The van der Waals surface area contributed by atoms with E-state index in [0.717, 1.165) is 19.3 Å². The molecule has 1 atom stereocenters. The number of hydrogen-bond donors (Lipinski definition) is 0. The van der Waals surface area contributed by atoms with Crippen LogP contribution >= 0.6 is 0 Å². The van der Waals surface area contributed by atoms with Gasteiger partial charge in [0.25, 0.3) is 0 Å². The van der Waals surface area contributed by atoms with Gasteiger partial charge in [0.15, 0.2) is 0 Å². The Morgan fingerprint density at radius 2 is 0.761 bits per heavy atom. The van der Waals surface area contributed by atoms with Gasteiger partial charge in [-0.3, -0.25) is 0 Å². The van der Waals surface area contributed by atoms with E-state index in [9.17, 15) is 0 Å². The topological polar surface area (TPSA) is 0 Å². The second-order valence-corrected chi connectivity index (χ2v) is 18.7. The average Bonchev–Trinajstić information content (AvgIpc) is 3.33. The summed E-state index contributed by atoms with van der Waals surface area (Å²) in [5.41, 5.74) is 23.0. The lowest BCUT2D eigenvalue weighted by atomic mass is 9.95. The highest BCUT2D eigenvalue weighted by atomic mass is 14.1. The van der Waals surface area contributed by atoms with Gasteiger partial charge in [-0.1, -0.05) is 260 Å². The van der Waals surface area contributed by atoms with Crippen LogP contribution in [0.15, 0.2) is 175 Å². The first-order chi connectivity index (χ1) is 32.1. The number of aryl methyl sites for hydroxylation is 12. The van der Waals surface area contributed by atoms with Crippen molar-refractivity contribution < 1.29 is 0 Å². The molecule has 7 rings (SSSR count). The van der Waals surface area contributed by atoms with Gasteiger partial charge in [-0.25, -0.2) is 0 Å². The molecule has 0 aromatic heterocycles. The van der Waals surface area contributed by atoms with Crippen LogP contribution in [-0.4, -0.2) is 0 Å². The van der Waals surface area contributed by atoms with Crippen molar-refractivity contribution in [3.63, 3.8) is 0 Å². The van der Waals surface area contributed by atoms with E-state index < -0.39 is 0 Å². The Bertz CT molecular complexity index is 2390. The van der Waals surface area contributed by atoms with E-state index >= 15 is 0 Å². The Balaban J connectivity index is 0.000000260. The van der Waals surface area contributed by atoms with Crippen LogP contribution in [-0.2, 0) is 19.3 Å². The van der Waals surface area contributed by atoms with E-state index in [2.05, 4.69) is 273 Å². The van der Waals surface area contributed by atoms with Crippen LogP contribution in [0.4, 0.5) is 0 Å². The summed E-state index contributed by atoms with van der Waals surface area (Å²) in [6.07, 6.45) is 11.5.